The zero-order valence-corrected chi connectivity index (χ0v) is 17.1. The Morgan fingerprint density at radius 2 is 0.946 bits per heavy atom. The van der Waals surface area contributed by atoms with Crippen molar-refractivity contribution in [1.82, 2.24) is 0 Å². The average Bonchev–Trinajstić information content (AvgIpc) is 2.76. The molecule has 4 nitrogen and oxygen atoms in total. The summed E-state index contributed by atoms with van der Waals surface area (Å²) in [5.74, 6) is -23.3. The Balaban J connectivity index is 2.38. The maximum Gasteiger partial charge on any atom is 0.420 e. The molecule has 0 aromatic heterocycles. The van der Waals surface area contributed by atoms with Crippen molar-refractivity contribution in [2.75, 3.05) is 11.5 Å². The smallest absolute Gasteiger partial charge is 0.420 e. The summed E-state index contributed by atoms with van der Waals surface area (Å²) in [6.07, 6.45) is -12.2. The molecule has 0 radical (unpaired) electrons. The number of hydrogen-bond donors (Lipinski definition) is 2. The topological polar surface area (TPSA) is 70.5 Å². The number of hydrogen-bond acceptors (Lipinski definition) is 4. The number of ether oxygens (including phenoxy) is 2. The summed E-state index contributed by atoms with van der Waals surface area (Å²) >= 11 is 0. The van der Waals surface area contributed by atoms with Gasteiger partial charge in [0.1, 0.15) is 16.9 Å². The van der Waals surface area contributed by atoms with Crippen LogP contribution >= 0.6 is 0 Å². The van der Waals surface area contributed by atoms with E-state index >= 15 is 4.39 Å². The highest BCUT2D eigenvalue weighted by Gasteiger charge is 2.48. The van der Waals surface area contributed by atoms with E-state index in [4.69, 9.17) is 11.5 Å². The molecule has 0 unspecified atom stereocenters. The molecule has 4 N–H and O–H groups in total. The molecular weight excluding hydrogens is 547 g/mol. The summed E-state index contributed by atoms with van der Waals surface area (Å²) in [6.45, 7) is 0. The van der Waals surface area contributed by atoms with Crippen molar-refractivity contribution in [3.63, 3.8) is 0 Å². The highest BCUT2D eigenvalue weighted by atomic mass is 19.4. The van der Waals surface area contributed by atoms with Gasteiger partial charge >= 0.3 is 12.4 Å². The molecule has 3 aromatic rings. The number of alkyl halides is 6. The fraction of sp³-hybridized carbons (Fsp3) is 0.100. The van der Waals surface area contributed by atoms with Crippen LogP contribution in [0.25, 0.3) is 0 Å². The maximum atomic E-state index is 15.1. The van der Waals surface area contributed by atoms with Gasteiger partial charge in [0.15, 0.2) is 46.4 Å². The Morgan fingerprint density at radius 3 is 1.35 bits per heavy atom. The minimum atomic E-state index is -6.14. The predicted octanol–water partition coefficient (Wildman–Crippen LogP) is 7.45. The first-order chi connectivity index (χ1) is 16.9. The molecule has 0 bridgehead atoms. The Morgan fingerprint density at radius 1 is 0.514 bits per heavy atom. The lowest BCUT2D eigenvalue weighted by Crippen LogP contribution is -2.19. The molecule has 0 aliphatic heterocycles. The summed E-state index contributed by atoms with van der Waals surface area (Å²) in [4.78, 5) is 0. The summed E-state index contributed by atoms with van der Waals surface area (Å²) in [5, 5.41) is 0. The number of nitrogen functional groups attached to an aromatic ring is 2. The predicted molar refractivity (Wildman–Crippen MR) is 98.0 cm³/mol. The van der Waals surface area contributed by atoms with Gasteiger partial charge in [0.05, 0.1) is 5.56 Å². The molecule has 0 saturated heterocycles. The minimum absolute atomic E-state index is 0.149. The van der Waals surface area contributed by atoms with Gasteiger partial charge in [0, 0.05) is 12.1 Å². The van der Waals surface area contributed by atoms with E-state index in [1.165, 1.54) is 0 Å². The molecule has 37 heavy (non-hydrogen) atoms. The van der Waals surface area contributed by atoms with Crippen molar-refractivity contribution >= 4 is 11.4 Å². The lowest BCUT2D eigenvalue weighted by molar-refractivity contribution is -0.163. The molecule has 3 aromatic carbocycles. The van der Waals surface area contributed by atoms with Crippen LogP contribution in [0, 0.1) is 40.7 Å². The molecule has 0 amide bonds. The summed E-state index contributed by atoms with van der Waals surface area (Å²) < 4.78 is 188. The normalized spacial score (nSPS) is 12.1. The number of nitrogens with two attached hydrogens (primary N) is 2. The molecule has 0 aliphatic carbocycles. The van der Waals surface area contributed by atoms with Crippen LogP contribution in [-0.2, 0) is 12.4 Å². The van der Waals surface area contributed by atoms with E-state index in [1.54, 1.807) is 0 Å². The second kappa shape index (κ2) is 9.11. The van der Waals surface area contributed by atoms with E-state index < -0.39 is 105 Å². The van der Waals surface area contributed by atoms with Crippen LogP contribution in [-0.4, -0.2) is 0 Å². The van der Waals surface area contributed by atoms with Gasteiger partial charge < -0.3 is 20.9 Å². The quantitative estimate of drug-likeness (QED) is 0.260. The second-order valence-corrected chi connectivity index (χ2v) is 6.93. The van der Waals surface area contributed by atoms with Crippen LogP contribution in [0.2, 0.25) is 0 Å². The molecule has 200 valence electrons. The van der Waals surface area contributed by atoms with Gasteiger partial charge in [-0.25, -0.2) is 26.3 Å². The van der Waals surface area contributed by atoms with Gasteiger partial charge in [-0.3, -0.25) is 0 Å². The maximum absolute atomic E-state index is 15.1. The molecule has 17 heteroatoms. The van der Waals surface area contributed by atoms with Crippen LogP contribution in [0.4, 0.5) is 68.5 Å². The Bertz CT molecular complexity index is 1400. The highest BCUT2D eigenvalue weighted by molar-refractivity contribution is 5.56. The molecule has 0 heterocycles. The number of rotatable bonds is 4. The van der Waals surface area contributed by atoms with Gasteiger partial charge in [-0.2, -0.15) is 30.7 Å². The molecular formula is C20H7F13N2O2. The van der Waals surface area contributed by atoms with Gasteiger partial charge in [-0.05, 0) is 6.07 Å². The Kier molecular flexibility index (Phi) is 6.78. The third kappa shape index (κ3) is 4.97. The third-order valence-electron chi connectivity index (χ3n) is 4.52. The third-order valence-corrected chi connectivity index (χ3v) is 4.52. The Labute approximate surface area is 195 Å². The van der Waals surface area contributed by atoms with Crippen LogP contribution < -0.4 is 20.9 Å². The fourth-order valence-electron chi connectivity index (χ4n) is 2.86. The van der Waals surface area contributed by atoms with Gasteiger partial charge in [0.2, 0.25) is 17.3 Å². The van der Waals surface area contributed by atoms with Crippen molar-refractivity contribution in [3.8, 4) is 23.0 Å². The Hall–Kier alpha value is -4.05. The summed E-state index contributed by atoms with van der Waals surface area (Å²) in [6, 6.07) is -1.09. The van der Waals surface area contributed by atoms with Gasteiger partial charge in [-0.15, -0.1) is 0 Å². The van der Waals surface area contributed by atoms with E-state index in [9.17, 15) is 52.7 Å². The molecule has 0 fully saturated rings. The second-order valence-electron chi connectivity index (χ2n) is 6.93. The largest absolute Gasteiger partial charge is 0.448 e. The van der Waals surface area contributed by atoms with E-state index in [2.05, 4.69) is 9.47 Å². The number of anilines is 2. The van der Waals surface area contributed by atoms with Crippen LogP contribution in [0.5, 0.6) is 23.0 Å². The van der Waals surface area contributed by atoms with Crippen LogP contribution in [0.3, 0.4) is 0 Å². The van der Waals surface area contributed by atoms with Crippen LogP contribution in [0.15, 0.2) is 18.2 Å². The van der Waals surface area contributed by atoms with Crippen molar-refractivity contribution in [2.45, 2.75) is 12.4 Å². The molecule has 0 atom stereocenters. The van der Waals surface area contributed by atoms with Gasteiger partial charge in [-0.1, -0.05) is 0 Å². The zero-order valence-electron chi connectivity index (χ0n) is 17.1. The first-order valence-electron chi connectivity index (χ1n) is 9.08. The summed E-state index contributed by atoms with van der Waals surface area (Å²) in [5.41, 5.74) is 1.02. The monoisotopic (exact) mass is 554 g/mol. The highest BCUT2D eigenvalue weighted by Crippen LogP contribution is 2.51. The SMILES string of the molecule is Nc1c(F)cc(F)c(Oc2cc(C(F)(F)F)c(C(F)(F)F)c(Oc3c(F)cc(F)c(N)c3F)c2F)c1F. The van der Waals surface area contributed by atoms with Gasteiger partial charge in [0.25, 0.3) is 0 Å². The molecule has 3 rings (SSSR count). The molecule has 0 saturated carbocycles. The summed E-state index contributed by atoms with van der Waals surface area (Å²) in [7, 11) is 0. The first-order valence-corrected chi connectivity index (χ1v) is 9.08. The molecule has 0 aliphatic rings. The lowest BCUT2D eigenvalue weighted by Gasteiger charge is -2.22. The molecule has 0 spiro atoms. The average molecular weight is 554 g/mol. The number of benzene rings is 3. The van der Waals surface area contributed by atoms with E-state index in [0.717, 1.165) is 0 Å². The van der Waals surface area contributed by atoms with Crippen molar-refractivity contribution < 1.29 is 66.5 Å². The van der Waals surface area contributed by atoms with Crippen molar-refractivity contribution in [3.05, 3.63) is 70.0 Å². The minimum Gasteiger partial charge on any atom is -0.448 e. The standard InChI is InChI=1S/C20H7F13N2O2/c21-5-2-7(23)16(12(26)14(5)34)36-9-1-4(19(28,29)30)10(20(31,32)33)18(11(9)25)37-17-8(24)3-6(22)15(35)13(17)27/h1-3H,34-35H2. The van der Waals surface area contributed by atoms with E-state index in [1.807, 2.05) is 0 Å². The number of halogens is 13. The van der Waals surface area contributed by atoms with E-state index in [0.29, 0.717) is 0 Å². The van der Waals surface area contributed by atoms with Crippen molar-refractivity contribution in [1.29, 1.82) is 0 Å². The van der Waals surface area contributed by atoms with E-state index in [-0.39, 0.29) is 12.1 Å². The fourth-order valence-corrected chi connectivity index (χ4v) is 2.86. The van der Waals surface area contributed by atoms with Crippen LogP contribution in [0.1, 0.15) is 11.1 Å². The van der Waals surface area contributed by atoms with Crippen molar-refractivity contribution in [2.24, 2.45) is 0 Å². The lowest BCUT2D eigenvalue weighted by atomic mass is 10.0. The zero-order chi connectivity index (χ0) is 28.2. The first kappa shape index (κ1) is 27.5.